The van der Waals surface area contributed by atoms with E-state index in [-0.39, 0.29) is 18.2 Å². The summed E-state index contributed by atoms with van der Waals surface area (Å²) < 4.78 is 20.1. The van der Waals surface area contributed by atoms with E-state index in [1.165, 1.54) is 6.07 Å². The fraction of sp³-hybridized carbons (Fsp3) is 0.273. The second-order valence-electron chi connectivity index (χ2n) is 3.45. The van der Waals surface area contributed by atoms with Crippen LogP contribution in [-0.2, 0) is 16.0 Å². The Morgan fingerprint density at radius 3 is 3.06 bits per heavy atom. The molecular weight excluding hydrogens is 291 g/mol. The first-order chi connectivity index (χ1) is 8.10. The van der Waals surface area contributed by atoms with Crippen LogP contribution in [-0.4, -0.2) is 22.0 Å². The summed E-state index contributed by atoms with van der Waals surface area (Å²) in [6.45, 7) is 2.08. The van der Waals surface area contributed by atoms with E-state index in [0.29, 0.717) is 22.4 Å². The van der Waals surface area contributed by atoms with Crippen molar-refractivity contribution in [2.45, 2.75) is 13.3 Å². The standard InChI is InChI=1S/C11H10BrFN2O2/c1-2-17-11(16)3-7-5-15-6-8(12)9(13)4-10(15)14-7/h4-6H,2-3H2,1H3. The van der Waals surface area contributed by atoms with Gasteiger partial charge < -0.3 is 9.14 Å². The molecule has 0 unspecified atom stereocenters. The molecule has 0 saturated heterocycles. The molecule has 0 bridgehead atoms. The number of hydrogen-bond donors (Lipinski definition) is 0. The quantitative estimate of drug-likeness (QED) is 0.817. The van der Waals surface area contributed by atoms with Crippen LogP contribution in [0.5, 0.6) is 0 Å². The summed E-state index contributed by atoms with van der Waals surface area (Å²) in [5.74, 6) is -0.721. The fourth-order valence-electron chi connectivity index (χ4n) is 1.48. The first-order valence-electron chi connectivity index (χ1n) is 5.08. The zero-order valence-electron chi connectivity index (χ0n) is 9.11. The van der Waals surface area contributed by atoms with Crippen LogP contribution in [0.25, 0.3) is 5.65 Å². The molecule has 4 nitrogen and oxygen atoms in total. The van der Waals surface area contributed by atoms with E-state index in [1.807, 2.05) is 0 Å². The number of carbonyl (C=O) groups is 1. The van der Waals surface area contributed by atoms with E-state index in [0.717, 1.165) is 0 Å². The van der Waals surface area contributed by atoms with Gasteiger partial charge in [0.25, 0.3) is 0 Å². The molecule has 0 amide bonds. The second-order valence-corrected chi connectivity index (χ2v) is 4.30. The Hall–Kier alpha value is -1.43. The maximum Gasteiger partial charge on any atom is 0.311 e. The van der Waals surface area contributed by atoms with Crippen molar-refractivity contribution in [3.63, 3.8) is 0 Å². The number of esters is 1. The largest absolute Gasteiger partial charge is 0.466 e. The molecule has 2 rings (SSSR count). The van der Waals surface area contributed by atoms with Crippen molar-refractivity contribution >= 4 is 27.5 Å². The van der Waals surface area contributed by atoms with Crippen molar-refractivity contribution in [2.24, 2.45) is 0 Å². The molecule has 0 aromatic carbocycles. The maximum absolute atomic E-state index is 13.2. The molecule has 2 aromatic heterocycles. The third-order valence-electron chi connectivity index (χ3n) is 2.18. The average Bonchev–Trinajstić information content (AvgIpc) is 2.60. The predicted octanol–water partition coefficient (Wildman–Crippen LogP) is 2.34. The molecule has 0 atom stereocenters. The number of rotatable bonds is 3. The van der Waals surface area contributed by atoms with E-state index in [1.54, 1.807) is 23.7 Å². The zero-order chi connectivity index (χ0) is 12.4. The molecule has 90 valence electrons. The van der Waals surface area contributed by atoms with E-state index in [9.17, 15) is 9.18 Å². The van der Waals surface area contributed by atoms with Crippen molar-refractivity contribution in [2.75, 3.05) is 6.61 Å². The number of nitrogens with zero attached hydrogens (tertiary/aromatic N) is 2. The van der Waals surface area contributed by atoms with Gasteiger partial charge in [-0.2, -0.15) is 0 Å². The summed E-state index contributed by atoms with van der Waals surface area (Å²) in [5, 5.41) is 0. The zero-order valence-corrected chi connectivity index (χ0v) is 10.7. The van der Waals surface area contributed by atoms with Gasteiger partial charge >= 0.3 is 5.97 Å². The molecule has 2 heterocycles. The Balaban J connectivity index is 2.29. The summed E-state index contributed by atoms with van der Waals surface area (Å²) in [5.41, 5.74) is 1.02. The number of aromatic nitrogens is 2. The summed E-state index contributed by atoms with van der Waals surface area (Å²) in [6.07, 6.45) is 3.33. The number of ether oxygens (including phenoxy) is 1. The van der Waals surface area contributed by atoms with Gasteiger partial charge in [0.15, 0.2) is 0 Å². The Morgan fingerprint density at radius 1 is 1.59 bits per heavy atom. The Labute approximate surface area is 106 Å². The van der Waals surface area contributed by atoms with E-state index < -0.39 is 0 Å². The van der Waals surface area contributed by atoms with E-state index in [2.05, 4.69) is 20.9 Å². The van der Waals surface area contributed by atoms with Crippen LogP contribution < -0.4 is 0 Å². The van der Waals surface area contributed by atoms with Crippen molar-refractivity contribution in [1.29, 1.82) is 0 Å². The molecule has 0 saturated carbocycles. The van der Waals surface area contributed by atoms with Crippen molar-refractivity contribution in [3.05, 3.63) is 34.4 Å². The van der Waals surface area contributed by atoms with Crippen molar-refractivity contribution in [3.8, 4) is 0 Å². The third-order valence-corrected chi connectivity index (χ3v) is 2.76. The SMILES string of the molecule is CCOC(=O)Cc1cn2cc(Br)c(F)cc2n1. The minimum atomic E-state index is -0.384. The molecule has 0 N–H and O–H groups in total. The highest BCUT2D eigenvalue weighted by Gasteiger charge is 2.10. The monoisotopic (exact) mass is 300 g/mol. The Kier molecular flexibility index (Phi) is 3.42. The predicted molar refractivity (Wildman–Crippen MR) is 63.2 cm³/mol. The van der Waals surface area contributed by atoms with Gasteiger partial charge in [0, 0.05) is 18.5 Å². The second kappa shape index (κ2) is 4.83. The average molecular weight is 301 g/mol. The highest BCUT2D eigenvalue weighted by Crippen LogP contribution is 2.17. The lowest BCUT2D eigenvalue weighted by atomic mass is 10.3. The molecule has 0 radical (unpaired) electrons. The van der Waals surface area contributed by atoms with Crippen molar-refractivity contribution < 1.29 is 13.9 Å². The molecule has 6 heteroatoms. The highest BCUT2D eigenvalue weighted by molar-refractivity contribution is 9.10. The first-order valence-corrected chi connectivity index (χ1v) is 5.87. The first kappa shape index (κ1) is 12.0. The molecule has 0 spiro atoms. The van der Waals surface area contributed by atoms with Gasteiger partial charge in [0.05, 0.1) is 23.2 Å². The van der Waals surface area contributed by atoms with Gasteiger partial charge in [-0.15, -0.1) is 0 Å². The molecule has 0 aliphatic rings. The van der Waals surface area contributed by atoms with Gasteiger partial charge in [0.1, 0.15) is 11.5 Å². The van der Waals surface area contributed by atoms with Gasteiger partial charge in [-0.3, -0.25) is 4.79 Å². The summed E-state index contributed by atoms with van der Waals surface area (Å²) in [4.78, 5) is 15.4. The third kappa shape index (κ3) is 2.63. The van der Waals surface area contributed by atoms with Gasteiger partial charge in [-0.05, 0) is 22.9 Å². The molecule has 0 aliphatic heterocycles. The molecule has 2 aromatic rings. The number of fused-ring (bicyclic) bond motifs is 1. The van der Waals surface area contributed by atoms with Crippen LogP contribution in [0.3, 0.4) is 0 Å². The topological polar surface area (TPSA) is 43.6 Å². The smallest absolute Gasteiger partial charge is 0.311 e. The minimum Gasteiger partial charge on any atom is -0.466 e. The number of hydrogen-bond acceptors (Lipinski definition) is 3. The molecular formula is C11H10BrFN2O2. The lowest BCUT2D eigenvalue weighted by Crippen LogP contribution is -2.07. The van der Waals surface area contributed by atoms with E-state index >= 15 is 0 Å². The molecule has 0 fully saturated rings. The number of imidazole rings is 1. The van der Waals surface area contributed by atoms with Gasteiger partial charge in [-0.1, -0.05) is 0 Å². The van der Waals surface area contributed by atoms with Crippen LogP contribution in [0.15, 0.2) is 22.9 Å². The Morgan fingerprint density at radius 2 is 2.35 bits per heavy atom. The Bertz CT molecular complexity index is 529. The van der Waals surface area contributed by atoms with Gasteiger partial charge in [-0.25, -0.2) is 9.37 Å². The summed E-state index contributed by atoms with van der Waals surface area (Å²) in [6, 6.07) is 1.30. The fourth-order valence-corrected chi connectivity index (χ4v) is 1.82. The number of carbonyl (C=O) groups excluding carboxylic acids is 1. The normalized spacial score (nSPS) is 10.8. The molecule has 17 heavy (non-hydrogen) atoms. The lowest BCUT2D eigenvalue weighted by Gasteiger charge is -1.97. The summed E-state index contributed by atoms with van der Waals surface area (Å²) in [7, 11) is 0. The van der Waals surface area contributed by atoms with Crippen LogP contribution >= 0.6 is 15.9 Å². The molecule has 0 aliphatic carbocycles. The van der Waals surface area contributed by atoms with Crippen LogP contribution in [0, 0.1) is 5.82 Å². The minimum absolute atomic E-state index is 0.0920. The van der Waals surface area contributed by atoms with Gasteiger partial charge in [0.2, 0.25) is 0 Å². The van der Waals surface area contributed by atoms with E-state index in [4.69, 9.17) is 4.74 Å². The number of pyridine rings is 1. The lowest BCUT2D eigenvalue weighted by molar-refractivity contribution is -0.142. The highest BCUT2D eigenvalue weighted by atomic mass is 79.9. The summed E-state index contributed by atoms with van der Waals surface area (Å²) >= 11 is 3.09. The van der Waals surface area contributed by atoms with Crippen molar-refractivity contribution in [1.82, 2.24) is 9.38 Å². The maximum atomic E-state index is 13.2. The number of halogens is 2. The van der Waals surface area contributed by atoms with Crippen LogP contribution in [0.4, 0.5) is 4.39 Å². The van der Waals surface area contributed by atoms with Crippen LogP contribution in [0.2, 0.25) is 0 Å². The van der Waals surface area contributed by atoms with Crippen LogP contribution in [0.1, 0.15) is 12.6 Å².